The van der Waals surface area contributed by atoms with Crippen molar-refractivity contribution in [3.8, 4) is 5.69 Å². The maximum Gasteiger partial charge on any atom is 0.360 e. The van der Waals surface area contributed by atoms with Crippen LogP contribution in [0.5, 0.6) is 0 Å². The Hall–Kier alpha value is -2.43. The quantitative estimate of drug-likeness (QED) is 0.911. The molecule has 0 aliphatic rings. The number of aryl methyl sites for hydroxylation is 2. The van der Waals surface area contributed by atoms with E-state index in [2.05, 4.69) is 5.10 Å². The number of aromatic nitrogens is 2. The summed E-state index contributed by atoms with van der Waals surface area (Å²) < 4.78 is 1.48. The molecule has 0 fully saturated rings. The average molecular weight is 258 g/mol. The third kappa shape index (κ3) is 2.54. The van der Waals surface area contributed by atoms with E-state index < -0.39 is 17.1 Å². The Morgan fingerprint density at radius 1 is 1.37 bits per heavy atom. The van der Waals surface area contributed by atoms with Crippen LogP contribution in [-0.2, 0) is 6.42 Å². The van der Waals surface area contributed by atoms with Gasteiger partial charge in [0.2, 0.25) is 11.1 Å². The Morgan fingerprint density at radius 3 is 2.74 bits per heavy atom. The molecule has 0 saturated carbocycles. The van der Waals surface area contributed by atoms with Crippen molar-refractivity contribution in [2.75, 3.05) is 0 Å². The van der Waals surface area contributed by atoms with E-state index in [4.69, 9.17) is 5.11 Å². The van der Waals surface area contributed by atoms with E-state index in [0.717, 1.165) is 17.7 Å². The molecule has 0 saturated heterocycles. The summed E-state index contributed by atoms with van der Waals surface area (Å²) in [6.07, 6.45) is 0.874. The highest BCUT2D eigenvalue weighted by molar-refractivity contribution is 5.84. The number of nitrogens with zero attached hydrogens (tertiary/aromatic N) is 2. The molecule has 98 valence electrons. The second-order valence-electron chi connectivity index (χ2n) is 4.24. The van der Waals surface area contributed by atoms with Crippen molar-refractivity contribution in [2.45, 2.75) is 20.3 Å². The smallest absolute Gasteiger partial charge is 0.360 e. The molecule has 0 bridgehead atoms. The zero-order valence-corrected chi connectivity index (χ0v) is 10.8. The second kappa shape index (κ2) is 5.06. The van der Waals surface area contributed by atoms with Gasteiger partial charge in [-0.3, -0.25) is 4.79 Å². The molecule has 5 heteroatoms. The Kier molecular flexibility index (Phi) is 3.46. The van der Waals surface area contributed by atoms with Crippen LogP contribution in [0.25, 0.3) is 5.69 Å². The SMILES string of the molecule is CCc1cccc(-n2nc(C(=O)O)c(=O)cc2C)c1. The second-order valence-corrected chi connectivity index (χ2v) is 4.24. The number of benzene rings is 1. The molecule has 0 unspecified atom stereocenters. The van der Waals surface area contributed by atoms with Crippen molar-refractivity contribution in [3.05, 3.63) is 57.5 Å². The fourth-order valence-corrected chi connectivity index (χ4v) is 1.87. The van der Waals surface area contributed by atoms with Crippen LogP contribution >= 0.6 is 0 Å². The van der Waals surface area contributed by atoms with E-state index in [0.29, 0.717) is 5.69 Å². The molecule has 0 radical (unpaired) electrons. The van der Waals surface area contributed by atoms with Crippen LogP contribution in [0, 0.1) is 6.92 Å². The summed E-state index contributed by atoms with van der Waals surface area (Å²) in [4.78, 5) is 22.5. The summed E-state index contributed by atoms with van der Waals surface area (Å²) in [7, 11) is 0. The molecule has 1 aromatic carbocycles. The Bertz CT molecular complexity index is 689. The normalized spacial score (nSPS) is 10.4. The highest BCUT2D eigenvalue weighted by atomic mass is 16.4. The van der Waals surface area contributed by atoms with Crippen molar-refractivity contribution < 1.29 is 9.90 Å². The molecular weight excluding hydrogens is 244 g/mol. The summed E-state index contributed by atoms with van der Waals surface area (Å²) in [5.41, 5.74) is 1.43. The standard InChI is InChI=1S/C14H14N2O3/c1-3-10-5-4-6-11(8-10)16-9(2)7-12(17)13(15-16)14(18)19/h4-8H,3H2,1-2H3,(H,18,19). The maximum atomic E-state index is 11.5. The van der Waals surface area contributed by atoms with Gasteiger partial charge in [-0.1, -0.05) is 19.1 Å². The molecule has 0 aliphatic carbocycles. The summed E-state index contributed by atoms with van der Waals surface area (Å²) in [5, 5.41) is 12.9. The topological polar surface area (TPSA) is 72.2 Å². The Morgan fingerprint density at radius 2 is 2.11 bits per heavy atom. The maximum absolute atomic E-state index is 11.5. The Labute approximate surface area is 110 Å². The molecule has 19 heavy (non-hydrogen) atoms. The lowest BCUT2D eigenvalue weighted by Gasteiger charge is -2.10. The van der Waals surface area contributed by atoms with E-state index in [-0.39, 0.29) is 0 Å². The van der Waals surface area contributed by atoms with Gasteiger partial charge in [-0.05, 0) is 31.0 Å². The van der Waals surface area contributed by atoms with E-state index in [1.54, 1.807) is 6.92 Å². The predicted molar refractivity (Wildman–Crippen MR) is 70.9 cm³/mol. The molecular formula is C14H14N2O3. The minimum absolute atomic E-state index is 0.465. The van der Waals surface area contributed by atoms with Gasteiger partial charge in [0, 0.05) is 11.8 Å². The lowest BCUT2D eigenvalue weighted by atomic mass is 10.1. The molecule has 0 atom stereocenters. The van der Waals surface area contributed by atoms with Crippen LogP contribution in [0.1, 0.15) is 28.7 Å². The van der Waals surface area contributed by atoms with Crippen LogP contribution in [0.3, 0.4) is 0 Å². The summed E-state index contributed by atoms with van der Waals surface area (Å²) in [6.45, 7) is 3.76. The largest absolute Gasteiger partial charge is 0.476 e. The molecule has 0 amide bonds. The zero-order chi connectivity index (χ0) is 14.0. The first-order chi connectivity index (χ1) is 9.02. The fraction of sp³-hybridized carbons (Fsp3) is 0.214. The van der Waals surface area contributed by atoms with Crippen LogP contribution < -0.4 is 5.43 Å². The van der Waals surface area contributed by atoms with Gasteiger partial charge >= 0.3 is 5.97 Å². The van der Waals surface area contributed by atoms with Crippen LogP contribution in [0.15, 0.2) is 35.1 Å². The number of hydrogen-bond donors (Lipinski definition) is 1. The van der Waals surface area contributed by atoms with Crippen LogP contribution in [0.2, 0.25) is 0 Å². The van der Waals surface area contributed by atoms with Gasteiger partial charge in [0.25, 0.3) is 0 Å². The summed E-state index contributed by atoms with van der Waals surface area (Å²) >= 11 is 0. The van der Waals surface area contributed by atoms with Crippen molar-refractivity contribution >= 4 is 5.97 Å². The zero-order valence-electron chi connectivity index (χ0n) is 10.8. The van der Waals surface area contributed by atoms with Gasteiger partial charge in [0.05, 0.1) is 5.69 Å². The molecule has 5 nitrogen and oxygen atoms in total. The molecule has 1 heterocycles. The first-order valence-electron chi connectivity index (χ1n) is 5.96. The predicted octanol–water partition coefficient (Wildman–Crippen LogP) is 1.80. The minimum Gasteiger partial charge on any atom is -0.476 e. The number of carboxylic acid groups (broad SMARTS) is 1. The van der Waals surface area contributed by atoms with Gasteiger partial charge in [0.1, 0.15) is 0 Å². The van der Waals surface area contributed by atoms with E-state index in [1.165, 1.54) is 10.7 Å². The Balaban J connectivity index is 2.64. The monoisotopic (exact) mass is 258 g/mol. The first-order valence-corrected chi connectivity index (χ1v) is 5.96. The van der Waals surface area contributed by atoms with Crippen LogP contribution in [0.4, 0.5) is 0 Å². The average Bonchev–Trinajstić information content (AvgIpc) is 2.38. The van der Waals surface area contributed by atoms with Crippen LogP contribution in [-0.4, -0.2) is 20.9 Å². The molecule has 0 spiro atoms. The lowest BCUT2D eigenvalue weighted by molar-refractivity contribution is 0.0686. The number of carboxylic acids is 1. The third-order valence-electron chi connectivity index (χ3n) is 2.87. The molecule has 0 aliphatic heterocycles. The minimum atomic E-state index is -1.31. The first kappa shape index (κ1) is 13.0. The molecule has 1 aromatic heterocycles. The number of hydrogen-bond acceptors (Lipinski definition) is 3. The number of aromatic carboxylic acids is 1. The van der Waals surface area contributed by atoms with E-state index in [1.807, 2.05) is 31.2 Å². The van der Waals surface area contributed by atoms with Gasteiger partial charge in [-0.25, -0.2) is 9.48 Å². The summed E-state index contributed by atoms with van der Waals surface area (Å²) in [6, 6.07) is 8.91. The molecule has 2 rings (SSSR count). The third-order valence-corrected chi connectivity index (χ3v) is 2.87. The highest BCUT2D eigenvalue weighted by Gasteiger charge is 2.13. The number of carbonyl (C=O) groups is 1. The van der Waals surface area contributed by atoms with E-state index in [9.17, 15) is 9.59 Å². The van der Waals surface area contributed by atoms with Gasteiger partial charge < -0.3 is 5.11 Å². The van der Waals surface area contributed by atoms with E-state index >= 15 is 0 Å². The van der Waals surface area contributed by atoms with Crippen molar-refractivity contribution in [1.82, 2.24) is 9.78 Å². The fourth-order valence-electron chi connectivity index (χ4n) is 1.87. The lowest BCUT2D eigenvalue weighted by Crippen LogP contribution is -2.22. The van der Waals surface area contributed by atoms with Gasteiger partial charge in [-0.15, -0.1) is 0 Å². The van der Waals surface area contributed by atoms with Crippen molar-refractivity contribution in [2.24, 2.45) is 0 Å². The molecule has 1 N–H and O–H groups in total. The van der Waals surface area contributed by atoms with Crippen molar-refractivity contribution in [1.29, 1.82) is 0 Å². The summed E-state index contributed by atoms with van der Waals surface area (Å²) in [5.74, 6) is -1.31. The van der Waals surface area contributed by atoms with Gasteiger partial charge in [0.15, 0.2) is 0 Å². The highest BCUT2D eigenvalue weighted by Crippen LogP contribution is 2.11. The van der Waals surface area contributed by atoms with Crippen molar-refractivity contribution in [3.63, 3.8) is 0 Å². The van der Waals surface area contributed by atoms with Gasteiger partial charge in [-0.2, -0.15) is 5.10 Å². The molecule has 2 aromatic rings. The number of rotatable bonds is 3.